The molecule has 110 valence electrons. The van der Waals surface area contributed by atoms with E-state index in [-0.39, 0.29) is 27.8 Å². The molecule has 0 saturated carbocycles. The minimum Gasteiger partial charge on any atom is -0.496 e. The highest BCUT2D eigenvalue weighted by Crippen LogP contribution is 2.25. The third-order valence-corrected chi connectivity index (χ3v) is 3.50. The van der Waals surface area contributed by atoms with Crippen LogP contribution in [-0.4, -0.2) is 18.0 Å². The van der Waals surface area contributed by atoms with Crippen LogP contribution in [0, 0.1) is 0 Å². The largest absolute Gasteiger partial charge is 0.496 e. The quantitative estimate of drug-likeness (QED) is 0.868. The van der Waals surface area contributed by atoms with E-state index in [1.54, 1.807) is 13.2 Å². The Morgan fingerprint density at radius 3 is 2.67 bits per heavy atom. The van der Waals surface area contributed by atoms with Gasteiger partial charge in [0.25, 0.3) is 5.91 Å². The van der Waals surface area contributed by atoms with Gasteiger partial charge in [-0.1, -0.05) is 41.4 Å². The molecule has 1 atom stereocenters. The molecule has 1 N–H and O–H groups in total. The number of pyridine rings is 1. The molecular weight excluding hydrogens is 311 g/mol. The molecule has 1 aromatic heterocycles. The molecule has 0 radical (unpaired) electrons. The Morgan fingerprint density at radius 2 is 1.95 bits per heavy atom. The van der Waals surface area contributed by atoms with Gasteiger partial charge in [-0.15, -0.1) is 0 Å². The first-order chi connectivity index (χ1) is 10.0. The van der Waals surface area contributed by atoms with Crippen LogP contribution in [0.5, 0.6) is 5.75 Å². The SMILES string of the molecule is COc1ccccc1[C@@H](C)NC(=O)c1nc(Cl)ccc1Cl. The molecule has 4 nitrogen and oxygen atoms in total. The molecule has 6 heteroatoms. The molecule has 0 aliphatic rings. The first-order valence-corrected chi connectivity index (χ1v) is 7.04. The van der Waals surface area contributed by atoms with E-state index in [9.17, 15) is 4.79 Å². The molecule has 0 aliphatic carbocycles. The number of ether oxygens (including phenoxy) is 1. The van der Waals surface area contributed by atoms with E-state index in [2.05, 4.69) is 10.3 Å². The van der Waals surface area contributed by atoms with Gasteiger partial charge in [-0.2, -0.15) is 0 Å². The summed E-state index contributed by atoms with van der Waals surface area (Å²) in [6.45, 7) is 1.86. The number of carbonyl (C=O) groups excluding carboxylic acids is 1. The maximum Gasteiger partial charge on any atom is 0.271 e. The molecule has 0 aliphatic heterocycles. The molecule has 1 heterocycles. The van der Waals surface area contributed by atoms with Crippen molar-refractivity contribution in [2.24, 2.45) is 0 Å². The third-order valence-electron chi connectivity index (χ3n) is 2.98. The highest BCUT2D eigenvalue weighted by molar-refractivity contribution is 6.34. The maximum absolute atomic E-state index is 12.2. The zero-order valence-electron chi connectivity index (χ0n) is 11.6. The van der Waals surface area contributed by atoms with Gasteiger partial charge in [-0.3, -0.25) is 4.79 Å². The summed E-state index contributed by atoms with van der Waals surface area (Å²) >= 11 is 11.8. The Morgan fingerprint density at radius 1 is 1.24 bits per heavy atom. The second-order valence-electron chi connectivity index (χ2n) is 4.40. The van der Waals surface area contributed by atoms with Gasteiger partial charge < -0.3 is 10.1 Å². The fraction of sp³-hybridized carbons (Fsp3) is 0.200. The maximum atomic E-state index is 12.2. The molecule has 1 aromatic carbocycles. The van der Waals surface area contributed by atoms with Crippen molar-refractivity contribution in [1.82, 2.24) is 10.3 Å². The van der Waals surface area contributed by atoms with Gasteiger partial charge in [0.15, 0.2) is 0 Å². The van der Waals surface area contributed by atoms with Crippen LogP contribution in [0.4, 0.5) is 0 Å². The van der Waals surface area contributed by atoms with Crippen LogP contribution in [0.2, 0.25) is 10.2 Å². The Labute approximate surface area is 133 Å². The zero-order valence-corrected chi connectivity index (χ0v) is 13.1. The number of hydrogen-bond acceptors (Lipinski definition) is 3. The Hall–Kier alpha value is -1.78. The molecule has 0 saturated heterocycles. The average molecular weight is 325 g/mol. The summed E-state index contributed by atoms with van der Waals surface area (Å²) in [6.07, 6.45) is 0. The van der Waals surface area contributed by atoms with Crippen LogP contribution in [0.25, 0.3) is 0 Å². The standard InChI is InChI=1S/C15H14Cl2N2O2/c1-9(10-5-3-4-6-12(10)21-2)18-15(20)14-11(16)7-8-13(17)19-14/h3-9H,1-2H3,(H,18,20)/t9-/m1/s1. The third kappa shape index (κ3) is 3.65. The van der Waals surface area contributed by atoms with Crippen molar-refractivity contribution in [2.45, 2.75) is 13.0 Å². The van der Waals surface area contributed by atoms with Gasteiger partial charge in [0, 0.05) is 5.56 Å². The zero-order chi connectivity index (χ0) is 15.4. The van der Waals surface area contributed by atoms with Crippen molar-refractivity contribution in [3.8, 4) is 5.75 Å². The molecule has 0 unspecified atom stereocenters. The predicted molar refractivity (Wildman–Crippen MR) is 83.1 cm³/mol. The van der Waals surface area contributed by atoms with Gasteiger partial charge in [0.05, 0.1) is 18.2 Å². The van der Waals surface area contributed by atoms with Crippen molar-refractivity contribution < 1.29 is 9.53 Å². The van der Waals surface area contributed by atoms with E-state index in [4.69, 9.17) is 27.9 Å². The summed E-state index contributed by atoms with van der Waals surface area (Å²) in [6, 6.07) is 10.3. The molecule has 0 spiro atoms. The Kier molecular flexibility index (Phi) is 5.04. The van der Waals surface area contributed by atoms with E-state index in [1.165, 1.54) is 6.07 Å². The first-order valence-electron chi connectivity index (χ1n) is 6.28. The number of methoxy groups -OCH3 is 1. The lowest BCUT2D eigenvalue weighted by Gasteiger charge is -2.17. The molecule has 0 fully saturated rings. The number of nitrogens with zero attached hydrogens (tertiary/aromatic N) is 1. The lowest BCUT2D eigenvalue weighted by molar-refractivity contribution is 0.0934. The predicted octanol–water partition coefficient (Wildman–Crippen LogP) is 3.89. The Balaban J connectivity index is 2.21. The molecule has 0 bridgehead atoms. The van der Waals surface area contributed by atoms with E-state index < -0.39 is 0 Å². The normalized spacial score (nSPS) is 11.8. The van der Waals surface area contributed by atoms with Crippen LogP contribution in [0.3, 0.4) is 0 Å². The van der Waals surface area contributed by atoms with E-state index in [0.29, 0.717) is 5.75 Å². The van der Waals surface area contributed by atoms with Crippen molar-refractivity contribution in [1.29, 1.82) is 0 Å². The lowest BCUT2D eigenvalue weighted by atomic mass is 10.1. The van der Waals surface area contributed by atoms with Gasteiger partial charge in [0.2, 0.25) is 0 Å². The van der Waals surface area contributed by atoms with E-state index in [1.807, 2.05) is 31.2 Å². The number of hydrogen-bond donors (Lipinski definition) is 1. The fourth-order valence-electron chi connectivity index (χ4n) is 1.94. The minimum absolute atomic E-state index is 0.103. The molecule has 2 rings (SSSR count). The van der Waals surface area contributed by atoms with Crippen LogP contribution < -0.4 is 10.1 Å². The second kappa shape index (κ2) is 6.78. The lowest BCUT2D eigenvalue weighted by Crippen LogP contribution is -2.28. The second-order valence-corrected chi connectivity index (χ2v) is 5.20. The van der Waals surface area contributed by atoms with Crippen LogP contribution in [0.1, 0.15) is 29.0 Å². The van der Waals surface area contributed by atoms with Crippen LogP contribution >= 0.6 is 23.2 Å². The topological polar surface area (TPSA) is 51.2 Å². The summed E-state index contributed by atoms with van der Waals surface area (Å²) in [5.74, 6) is 0.316. The number of carbonyl (C=O) groups is 1. The summed E-state index contributed by atoms with van der Waals surface area (Å²) in [5, 5.41) is 3.30. The molecule has 1 amide bonds. The number of benzene rings is 1. The number of para-hydroxylation sites is 1. The molecular formula is C15H14Cl2N2O2. The Bertz CT molecular complexity index is 662. The van der Waals surface area contributed by atoms with Crippen molar-refractivity contribution >= 4 is 29.1 Å². The number of aromatic nitrogens is 1. The van der Waals surface area contributed by atoms with Crippen molar-refractivity contribution in [3.63, 3.8) is 0 Å². The van der Waals surface area contributed by atoms with Gasteiger partial charge >= 0.3 is 0 Å². The number of nitrogens with one attached hydrogen (secondary N) is 1. The van der Waals surface area contributed by atoms with E-state index >= 15 is 0 Å². The highest BCUT2D eigenvalue weighted by atomic mass is 35.5. The summed E-state index contributed by atoms with van der Waals surface area (Å²) < 4.78 is 5.28. The number of amides is 1. The van der Waals surface area contributed by atoms with Crippen molar-refractivity contribution in [2.75, 3.05) is 7.11 Å². The monoisotopic (exact) mass is 324 g/mol. The van der Waals surface area contributed by atoms with Gasteiger partial charge in [-0.05, 0) is 25.1 Å². The number of rotatable bonds is 4. The molecule has 21 heavy (non-hydrogen) atoms. The summed E-state index contributed by atoms with van der Waals surface area (Å²) in [5.41, 5.74) is 0.970. The average Bonchev–Trinajstić information content (AvgIpc) is 2.49. The fourth-order valence-corrected chi connectivity index (χ4v) is 2.28. The van der Waals surface area contributed by atoms with Crippen LogP contribution in [-0.2, 0) is 0 Å². The summed E-state index contributed by atoms with van der Waals surface area (Å²) in [7, 11) is 1.59. The number of halogens is 2. The summed E-state index contributed by atoms with van der Waals surface area (Å²) in [4.78, 5) is 16.2. The van der Waals surface area contributed by atoms with Crippen molar-refractivity contribution in [3.05, 3.63) is 57.8 Å². The van der Waals surface area contributed by atoms with Gasteiger partial charge in [-0.25, -0.2) is 4.98 Å². The smallest absolute Gasteiger partial charge is 0.271 e. The van der Waals surface area contributed by atoms with Crippen LogP contribution in [0.15, 0.2) is 36.4 Å². The first kappa shape index (κ1) is 15.6. The van der Waals surface area contributed by atoms with Gasteiger partial charge in [0.1, 0.15) is 16.6 Å². The minimum atomic E-state index is -0.388. The molecule has 2 aromatic rings. The highest BCUT2D eigenvalue weighted by Gasteiger charge is 2.18. The van der Waals surface area contributed by atoms with E-state index in [0.717, 1.165) is 5.56 Å².